The van der Waals surface area contributed by atoms with Gasteiger partial charge in [0.05, 0.1) is 23.4 Å². The zero-order valence-corrected chi connectivity index (χ0v) is 23.8. The van der Waals surface area contributed by atoms with E-state index in [1.807, 2.05) is 49.4 Å². The Hall–Kier alpha value is -3.20. The van der Waals surface area contributed by atoms with Gasteiger partial charge in [0.25, 0.3) is 5.91 Å². The molecular formula is C32H38N4O3S. The minimum Gasteiger partial charge on any atom is -0.490 e. The summed E-state index contributed by atoms with van der Waals surface area (Å²) in [4.78, 5) is 15.8. The smallest absolute Gasteiger partial charge is 0.251 e. The number of aliphatic hydroxyl groups excluding tert-OH is 1. The Morgan fingerprint density at radius 3 is 2.60 bits per heavy atom. The van der Waals surface area contributed by atoms with Crippen molar-refractivity contribution in [1.82, 2.24) is 20.4 Å². The van der Waals surface area contributed by atoms with Crippen LogP contribution in [0.1, 0.15) is 67.4 Å². The third kappa shape index (κ3) is 6.09. The second kappa shape index (κ2) is 12.1. The Labute approximate surface area is 239 Å². The van der Waals surface area contributed by atoms with Crippen LogP contribution in [0, 0.1) is 5.92 Å². The van der Waals surface area contributed by atoms with Crippen molar-refractivity contribution in [2.75, 3.05) is 19.6 Å². The molecule has 210 valence electrons. The molecule has 1 aliphatic carbocycles. The van der Waals surface area contributed by atoms with E-state index >= 15 is 0 Å². The predicted octanol–water partition coefficient (Wildman–Crippen LogP) is 6.18. The first-order chi connectivity index (χ1) is 19.5. The highest BCUT2D eigenvalue weighted by atomic mass is 32.1. The number of amides is 1. The molecule has 8 heteroatoms. The van der Waals surface area contributed by atoms with Crippen molar-refractivity contribution in [2.24, 2.45) is 5.92 Å². The lowest BCUT2D eigenvalue weighted by Crippen LogP contribution is -2.41. The third-order valence-corrected chi connectivity index (χ3v) is 9.07. The number of rotatable bonds is 9. The molecule has 1 saturated heterocycles. The maximum absolute atomic E-state index is 13.5. The minimum absolute atomic E-state index is 0.0413. The van der Waals surface area contributed by atoms with Gasteiger partial charge in [-0.2, -0.15) is 16.4 Å². The average Bonchev–Trinajstić information content (AvgIpc) is 3.75. The fraction of sp³-hybridized carbons (Fsp3) is 0.438. The first kappa shape index (κ1) is 27.0. The molecule has 2 fully saturated rings. The van der Waals surface area contributed by atoms with Gasteiger partial charge in [0.15, 0.2) is 0 Å². The summed E-state index contributed by atoms with van der Waals surface area (Å²) in [5.41, 5.74) is 4.57. The number of aliphatic hydroxyl groups is 1. The fourth-order valence-corrected chi connectivity index (χ4v) is 6.98. The van der Waals surface area contributed by atoms with Gasteiger partial charge in [-0.05, 0) is 103 Å². The second-order valence-electron chi connectivity index (χ2n) is 11.4. The quantitative estimate of drug-likeness (QED) is 0.228. The third-order valence-electron chi connectivity index (χ3n) is 8.37. The first-order valence-corrected chi connectivity index (χ1v) is 15.5. The number of H-pyrrole nitrogens is 1. The molecule has 2 aromatic heterocycles. The normalized spacial score (nSPS) is 18.6. The van der Waals surface area contributed by atoms with Gasteiger partial charge in [-0.1, -0.05) is 12.8 Å². The Balaban J connectivity index is 1.15. The molecule has 3 heterocycles. The largest absolute Gasteiger partial charge is 0.490 e. The number of fused-ring (bicyclic) bond motifs is 1. The number of hydrogen-bond donors (Lipinski definition) is 3. The number of nitrogens with zero attached hydrogens (tertiary/aromatic N) is 2. The predicted molar refractivity (Wildman–Crippen MR) is 160 cm³/mol. The molecule has 1 saturated carbocycles. The van der Waals surface area contributed by atoms with E-state index in [1.54, 1.807) is 11.3 Å². The van der Waals surface area contributed by atoms with Crippen LogP contribution in [0.15, 0.2) is 59.3 Å². The number of carbonyl (C=O) groups is 1. The van der Waals surface area contributed by atoms with Gasteiger partial charge in [-0.3, -0.25) is 9.89 Å². The lowest BCUT2D eigenvalue weighted by Gasteiger charge is -2.32. The van der Waals surface area contributed by atoms with Crippen LogP contribution < -0.4 is 10.1 Å². The number of β-amino-alcohol motifs (C(OH)–C–C–N with tert-alkyl or cyclic N) is 1. The van der Waals surface area contributed by atoms with Crippen LogP contribution in [-0.2, 0) is 0 Å². The number of ether oxygens (including phenoxy) is 1. The highest BCUT2D eigenvalue weighted by Crippen LogP contribution is 2.37. The maximum Gasteiger partial charge on any atom is 0.251 e. The van der Waals surface area contributed by atoms with Gasteiger partial charge in [-0.25, -0.2) is 0 Å². The van der Waals surface area contributed by atoms with Gasteiger partial charge in [0.1, 0.15) is 11.9 Å². The summed E-state index contributed by atoms with van der Waals surface area (Å²) in [5, 5.41) is 25.9. The van der Waals surface area contributed by atoms with Crippen molar-refractivity contribution in [2.45, 2.75) is 63.7 Å². The fourth-order valence-electron chi connectivity index (χ4n) is 6.28. The lowest BCUT2D eigenvalue weighted by molar-refractivity contribution is 0.0673. The summed E-state index contributed by atoms with van der Waals surface area (Å²) in [7, 11) is 0. The number of hydrogen-bond acceptors (Lipinski definition) is 6. The van der Waals surface area contributed by atoms with Crippen molar-refractivity contribution in [1.29, 1.82) is 0 Å². The van der Waals surface area contributed by atoms with Crippen molar-refractivity contribution >= 4 is 28.1 Å². The summed E-state index contributed by atoms with van der Waals surface area (Å²) >= 11 is 1.68. The zero-order valence-electron chi connectivity index (χ0n) is 23.0. The lowest BCUT2D eigenvalue weighted by atomic mass is 9.93. The summed E-state index contributed by atoms with van der Waals surface area (Å²) in [5.74, 6) is 1.30. The molecule has 2 aliphatic rings. The molecule has 2 aromatic carbocycles. The van der Waals surface area contributed by atoms with E-state index in [1.165, 1.54) is 18.4 Å². The molecule has 40 heavy (non-hydrogen) atoms. The van der Waals surface area contributed by atoms with Gasteiger partial charge < -0.3 is 20.1 Å². The summed E-state index contributed by atoms with van der Waals surface area (Å²) < 4.78 is 6.26. The Kier molecular flexibility index (Phi) is 8.18. The van der Waals surface area contributed by atoms with Crippen LogP contribution in [0.2, 0.25) is 0 Å². The van der Waals surface area contributed by atoms with Crippen molar-refractivity contribution < 1.29 is 14.6 Å². The number of carbonyl (C=O) groups excluding carboxylic acids is 1. The Morgan fingerprint density at radius 1 is 1.12 bits per heavy atom. The number of aromatic amines is 1. The van der Waals surface area contributed by atoms with Crippen LogP contribution in [0.3, 0.4) is 0 Å². The number of aromatic nitrogens is 2. The van der Waals surface area contributed by atoms with Gasteiger partial charge in [0, 0.05) is 36.1 Å². The molecule has 0 spiro atoms. The van der Waals surface area contributed by atoms with E-state index in [0.29, 0.717) is 11.5 Å². The SMILES string of the molecule is C[C@@H](O)CN1CCC(Oc2ccc(-c3n[nH]c4ccc(C(=O)N[C@@H](c5ccsc5)C5CCCC5)cc34)cc2)CC1. The number of piperidine rings is 1. The Bertz CT molecular complexity index is 1400. The minimum atomic E-state index is -0.298. The van der Waals surface area contributed by atoms with Crippen LogP contribution in [0.5, 0.6) is 5.75 Å². The molecule has 4 aromatic rings. The van der Waals surface area contributed by atoms with Crippen molar-refractivity contribution in [3.8, 4) is 17.0 Å². The maximum atomic E-state index is 13.5. The van der Waals surface area contributed by atoms with Crippen molar-refractivity contribution in [3.05, 3.63) is 70.4 Å². The summed E-state index contributed by atoms with van der Waals surface area (Å²) in [6.45, 7) is 4.44. The van der Waals surface area contributed by atoms with Crippen LogP contribution >= 0.6 is 11.3 Å². The monoisotopic (exact) mass is 558 g/mol. The van der Waals surface area contributed by atoms with E-state index in [0.717, 1.165) is 73.2 Å². The topological polar surface area (TPSA) is 90.5 Å². The summed E-state index contributed by atoms with van der Waals surface area (Å²) in [6, 6.07) is 16.0. The van der Waals surface area contributed by atoms with E-state index in [4.69, 9.17) is 4.74 Å². The van der Waals surface area contributed by atoms with Crippen LogP contribution in [0.4, 0.5) is 0 Å². The average molecular weight is 559 g/mol. The number of thiophene rings is 1. The van der Waals surface area contributed by atoms with Crippen molar-refractivity contribution in [3.63, 3.8) is 0 Å². The van der Waals surface area contributed by atoms with Gasteiger partial charge >= 0.3 is 0 Å². The number of benzene rings is 2. The van der Waals surface area contributed by atoms with E-state index in [-0.39, 0.29) is 24.2 Å². The first-order valence-electron chi connectivity index (χ1n) is 14.5. The van der Waals surface area contributed by atoms with Crippen LogP contribution in [-0.4, -0.2) is 58.0 Å². The second-order valence-corrected chi connectivity index (χ2v) is 12.2. The molecular weight excluding hydrogens is 520 g/mol. The van der Waals surface area contributed by atoms with Gasteiger partial charge in [-0.15, -0.1) is 0 Å². The Morgan fingerprint density at radius 2 is 1.90 bits per heavy atom. The summed E-state index contributed by atoms with van der Waals surface area (Å²) in [6.07, 6.45) is 6.59. The highest BCUT2D eigenvalue weighted by Gasteiger charge is 2.28. The standard InChI is InChI=1S/C32H38N4O3S/c1-21(37)19-36-15-12-27(13-16-36)39-26-9-6-23(7-10-26)31-28-18-24(8-11-29(28)34-35-31)32(38)33-30(22-4-2-3-5-22)25-14-17-40-20-25/h6-11,14,17-18,20-22,27,30,37H,2-5,12-13,15-16,19H2,1H3,(H,33,38)(H,34,35)/t21-,30-/m1/s1. The highest BCUT2D eigenvalue weighted by molar-refractivity contribution is 7.08. The molecule has 1 aliphatic heterocycles. The molecule has 7 nitrogen and oxygen atoms in total. The zero-order chi connectivity index (χ0) is 27.5. The molecule has 1 amide bonds. The molecule has 0 radical (unpaired) electrons. The van der Waals surface area contributed by atoms with E-state index in [9.17, 15) is 9.90 Å². The van der Waals surface area contributed by atoms with E-state index in [2.05, 4.69) is 37.2 Å². The van der Waals surface area contributed by atoms with E-state index < -0.39 is 0 Å². The molecule has 3 N–H and O–H groups in total. The molecule has 6 rings (SSSR count). The number of nitrogens with one attached hydrogen (secondary N) is 2. The van der Waals surface area contributed by atoms with Crippen LogP contribution in [0.25, 0.3) is 22.2 Å². The van der Waals surface area contributed by atoms with Gasteiger partial charge in [0.2, 0.25) is 0 Å². The number of likely N-dealkylation sites (tertiary alicyclic amines) is 1. The molecule has 0 unspecified atom stereocenters. The molecule has 0 bridgehead atoms. The molecule has 2 atom stereocenters.